The van der Waals surface area contributed by atoms with Gasteiger partial charge in [-0.1, -0.05) is 17.7 Å². The summed E-state index contributed by atoms with van der Waals surface area (Å²) >= 11 is 8.99. The molecule has 0 aliphatic carbocycles. The number of carbonyl (C=O) groups excluding carboxylic acids is 1. The summed E-state index contributed by atoms with van der Waals surface area (Å²) in [6.45, 7) is 2.91. The van der Waals surface area contributed by atoms with E-state index in [0.29, 0.717) is 21.2 Å². The third-order valence-corrected chi connectivity index (χ3v) is 7.81. The molecule has 4 aromatic rings. The molecule has 2 N–H and O–H groups in total. The summed E-state index contributed by atoms with van der Waals surface area (Å²) in [7, 11) is 0. The Balaban J connectivity index is 1.24. The van der Waals surface area contributed by atoms with Crippen LogP contribution < -0.4 is 10.6 Å². The molecular weight excluding hydrogens is 481 g/mol. The lowest BCUT2D eigenvalue weighted by Gasteiger charge is -2.31. The lowest BCUT2D eigenvalue weighted by Crippen LogP contribution is -2.44. The van der Waals surface area contributed by atoms with Crippen molar-refractivity contribution in [2.45, 2.75) is 25.4 Å². The lowest BCUT2D eigenvalue weighted by atomic mass is 10.0. The molecule has 1 aliphatic heterocycles. The van der Waals surface area contributed by atoms with E-state index in [2.05, 4.69) is 43.0 Å². The van der Waals surface area contributed by atoms with E-state index in [9.17, 15) is 9.18 Å². The van der Waals surface area contributed by atoms with Crippen molar-refractivity contribution in [2.75, 3.05) is 18.4 Å². The zero-order chi connectivity index (χ0) is 22.8. The maximum Gasteiger partial charge on any atom is 0.261 e. The van der Waals surface area contributed by atoms with E-state index in [1.807, 2.05) is 0 Å². The maximum absolute atomic E-state index is 13.5. The molecular formula is C23H21ClFN5OS2. The second-order valence-electron chi connectivity index (χ2n) is 7.91. The summed E-state index contributed by atoms with van der Waals surface area (Å²) in [5.74, 6) is -0.0350. The van der Waals surface area contributed by atoms with Crippen molar-refractivity contribution >= 4 is 61.9 Å². The zero-order valence-corrected chi connectivity index (χ0v) is 19.9. The predicted octanol–water partition coefficient (Wildman–Crippen LogP) is 5.68. The van der Waals surface area contributed by atoms with Crippen LogP contribution in [0.5, 0.6) is 0 Å². The number of nitrogens with zero attached hydrogens (tertiary/aromatic N) is 3. The third kappa shape index (κ3) is 5.16. The summed E-state index contributed by atoms with van der Waals surface area (Å²) in [5.41, 5.74) is 0.605. The molecule has 0 radical (unpaired) electrons. The van der Waals surface area contributed by atoms with E-state index >= 15 is 0 Å². The van der Waals surface area contributed by atoms with Gasteiger partial charge in [0.15, 0.2) is 0 Å². The van der Waals surface area contributed by atoms with E-state index in [1.165, 1.54) is 34.7 Å². The van der Waals surface area contributed by atoms with Crippen LogP contribution in [0.25, 0.3) is 10.2 Å². The number of aromatic nitrogens is 2. The highest BCUT2D eigenvalue weighted by Gasteiger charge is 2.23. The average Bonchev–Trinajstić information content (AvgIpc) is 3.48. The van der Waals surface area contributed by atoms with Crippen LogP contribution in [0.2, 0.25) is 5.02 Å². The summed E-state index contributed by atoms with van der Waals surface area (Å²) in [4.78, 5) is 26.6. The fourth-order valence-electron chi connectivity index (χ4n) is 3.89. The van der Waals surface area contributed by atoms with Crippen LogP contribution >= 0.6 is 34.3 Å². The molecule has 0 saturated carbocycles. The molecule has 10 heteroatoms. The average molecular weight is 502 g/mol. The van der Waals surface area contributed by atoms with Gasteiger partial charge in [-0.25, -0.2) is 14.4 Å². The van der Waals surface area contributed by atoms with E-state index in [-0.39, 0.29) is 17.0 Å². The van der Waals surface area contributed by atoms with Crippen LogP contribution in [0.3, 0.4) is 0 Å². The Morgan fingerprint density at radius 3 is 2.82 bits per heavy atom. The smallest absolute Gasteiger partial charge is 0.261 e. The van der Waals surface area contributed by atoms with Crippen LogP contribution in [-0.4, -0.2) is 39.9 Å². The van der Waals surface area contributed by atoms with Crippen LogP contribution in [0.1, 0.15) is 27.4 Å². The van der Waals surface area contributed by atoms with Crippen LogP contribution in [0, 0.1) is 5.82 Å². The topological polar surface area (TPSA) is 70.2 Å². The first-order chi connectivity index (χ1) is 16.0. The Morgan fingerprint density at radius 1 is 1.21 bits per heavy atom. The molecule has 1 fully saturated rings. The van der Waals surface area contributed by atoms with E-state index in [1.54, 1.807) is 23.5 Å². The number of amides is 1. The number of nitrogens with one attached hydrogen (secondary N) is 2. The molecule has 1 amide bonds. The van der Waals surface area contributed by atoms with Crippen LogP contribution in [0.15, 0.2) is 48.1 Å². The van der Waals surface area contributed by atoms with Crippen molar-refractivity contribution in [1.82, 2.24) is 20.2 Å². The third-order valence-electron chi connectivity index (χ3n) is 5.62. The van der Waals surface area contributed by atoms with Gasteiger partial charge in [0.05, 0.1) is 15.3 Å². The number of carbonyl (C=O) groups is 1. The van der Waals surface area contributed by atoms with Crippen molar-refractivity contribution in [2.24, 2.45) is 0 Å². The number of hydrogen-bond acceptors (Lipinski definition) is 7. The van der Waals surface area contributed by atoms with E-state index < -0.39 is 5.82 Å². The number of piperidine rings is 1. The quantitative estimate of drug-likeness (QED) is 0.355. The summed E-state index contributed by atoms with van der Waals surface area (Å²) in [5, 5.41) is 9.18. The number of hydrogen-bond donors (Lipinski definition) is 2. The second kappa shape index (κ2) is 9.72. The lowest BCUT2D eigenvalue weighted by molar-refractivity contribution is 0.0913. The number of benzene rings is 1. The van der Waals surface area contributed by atoms with Gasteiger partial charge in [0.2, 0.25) is 0 Å². The normalized spacial score (nSPS) is 15.1. The minimum atomic E-state index is -0.484. The van der Waals surface area contributed by atoms with Crippen molar-refractivity contribution < 1.29 is 9.18 Å². The number of halogens is 2. The molecule has 4 heterocycles. The highest BCUT2D eigenvalue weighted by molar-refractivity contribution is 7.20. The molecule has 5 rings (SSSR count). The Labute approximate surface area is 203 Å². The van der Waals surface area contributed by atoms with Gasteiger partial charge >= 0.3 is 0 Å². The Kier molecular flexibility index (Phi) is 6.55. The molecule has 0 spiro atoms. The van der Waals surface area contributed by atoms with Crippen LogP contribution in [-0.2, 0) is 6.54 Å². The molecule has 6 nitrogen and oxygen atoms in total. The summed E-state index contributed by atoms with van der Waals surface area (Å²) in [6.07, 6.45) is 3.30. The molecule has 1 saturated heterocycles. The first-order valence-electron chi connectivity index (χ1n) is 10.6. The van der Waals surface area contributed by atoms with Gasteiger partial charge in [0, 0.05) is 36.2 Å². The van der Waals surface area contributed by atoms with Gasteiger partial charge < -0.3 is 10.6 Å². The molecule has 1 aliphatic rings. The van der Waals surface area contributed by atoms with E-state index in [0.717, 1.165) is 37.9 Å². The Bertz CT molecular complexity index is 1270. The Hall–Kier alpha value is -2.59. The standard InChI is InChI=1S/C23H21ClFN5OS2/c24-18-10-15(3-4-19(18)25)28-21-17-11-20(33-23(17)27-13-26-21)22(31)29-14-5-7-30(8-6-14)12-16-2-1-9-32-16/h1-4,9-11,13-14H,5-8,12H2,(H,29,31)(H,26,27,28). The van der Waals surface area contributed by atoms with Crippen molar-refractivity contribution in [3.8, 4) is 0 Å². The van der Waals surface area contributed by atoms with Crippen molar-refractivity contribution in [1.29, 1.82) is 0 Å². The largest absolute Gasteiger partial charge is 0.349 e. The highest BCUT2D eigenvalue weighted by Crippen LogP contribution is 2.31. The number of anilines is 2. The SMILES string of the molecule is O=C(NC1CCN(Cc2cccs2)CC1)c1cc2c(Nc3ccc(F)c(Cl)c3)ncnc2s1. The molecule has 3 aromatic heterocycles. The van der Waals surface area contributed by atoms with Gasteiger partial charge in [-0.05, 0) is 48.6 Å². The summed E-state index contributed by atoms with van der Waals surface area (Å²) < 4.78 is 13.5. The van der Waals surface area contributed by atoms with Gasteiger partial charge in [-0.2, -0.15) is 0 Å². The van der Waals surface area contributed by atoms with Gasteiger partial charge in [0.1, 0.15) is 22.8 Å². The van der Waals surface area contributed by atoms with E-state index in [4.69, 9.17) is 11.6 Å². The monoisotopic (exact) mass is 501 g/mol. The zero-order valence-electron chi connectivity index (χ0n) is 17.6. The number of fused-ring (bicyclic) bond motifs is 1. The summed E-state index contributed by atoms with van der Waals surface area (Å²) in [6, 6.07) is 10.6. The highest BCUT2D eigenvalue weighted by atomic mass is 35.5. The number of rotatable bonds is 6. The fourth-order valence-corrected chi connectivity index (χ4v) is 5.72. The van der Waals surface area contributed by atoms with Crippen molar-refractivity contribution in [3.05, 3.63) is 68.7 Å². The van der Waals surface area contributed by atoms with Crippen LogP contribution in [0.4, 0.5) is 15.9 Å². The molecule has 170 valence electrons. The van der Waals surface area contributed by atoms with Crippen molar-refractivity contribution in [3.63, 3.8) is 0 Å². The first-order valence-corrected chi connectivity index (χ1v) is 12.6. The molecule has 1 aromatic carbocycles. The molecule has 0 atom stereocenters. The molecule has 0 bridgehead atoms. The maximum atomic E-state index is 13.5. The van der Waals surface area contributed by atoms with Gasteiger partial charge in [-0.3, -0.25) is 9.69 Å². The molecule has 0 unspecified atom stereocenters. The minimum absolute atomic E-state index is 0.0251. The fraction of sp³-hybridized carbons (Fsp3) is 0.261. The molecule has 33 heavy (non-hydrogen) atoms. The Morgan fingerprint density at radius 2 is 2.06 bits per heavy atom. The number of thiophene rings is 2. The first kappa shape index (κ1) is 22.2. The van der Waals surface area contributed by atoms with Gasteiger partial charge in [-0.15, -0.1) is 22.7 Å². The minimum Gasteiger partial charge on any atom is -0.349 e. The predicted molar refractivity (Wildman–Crippen MR) is 132 cm³/mol. The second-order valence-corrected chi connectivity index (χ2v) is 10.4. The number of likely N-dealkylation sites (tertiary alicyclic amines) is 1. The van der Waals surface area contributed by atoms with Gasteiger partial charge in [0.25, 0.3) is 5.91 Å².